The third-order valence-corrected chi connectivity index (χ3v) is 3.71. The van der Waals surface area contributed by atoms with Gasteiger partial charge < -0.3 is 10.6 Å². The van der Waals surface area contributed by atoms with Gasteiger partial charge in [-0.1, -0.05) is 0 Å². The monoisotopic (exact) mass is 306 g/mol. The number of anilines is 1. The molecule has 0 spiro atoms. The molecule has 1 aromatic carbocycles. The van der Waals surface area contributed by atoms with E-state index in [9.17, 15) is 14.9 Å². The number of aromatic nitrogens is 1. The van der Waals surface area contributed by atoms with Gasteiger partial charge in [-0.25, -0.2) is 4.98 Å². The number of carbonyl (C=O) groups excluding carboxylic acids is 1. The number of nitrogens with one attached hydrogen (secondary N) is 2. The number of thiazole rings is 1. The molecule has 1 heterocycles. The molecule has 0 atom stereocenters. The van der Waals surface area contributed by atoms with E-state index in [0.29, 0.717) is 5.69 Å². The normalized spacial score (nSPS) is 10.2. The maximum absolute atomic E-state index is 12.2. The third-order valence-electron chi connectivity index (χ3n) is 2.80. The first-order valence-electron chi connectivity index (χ1n) is 6.17. The molecule has 1 aromatic heterocycles. The van der Waals surface area contributed by atoms with E-state index < -0.39 is 10.8 Å². The van der Waals surface area contributed by atoms with Gasteiger partial charge in [0.2, 0.25) is 0 Å². The molecular weight excluding hydrogens is 292 g/mol. The summed E-state index contributed by atoms with van der Waals surface area (Å²) in [5.41, 5.74) is 0.442. The Kier molecular flexibility index (Phi) is 4.49. The number of nitro groups is 1. The second-order valence-electron chi connectivity index (χ2n) is 4.29. The van der Waals surface area contributed by atoms with Crippen LogP contribution in [-0.2, 0) is 6.54 Å². The van der Waals surface area contributed by atoms with Crippen molar-refractivity contribution in [1.29, 1.82) is 0 Å². The van der Waals surface area contributed by atoms with Crippen molar-refractivity contribution in [2.45, 2.75) is 13.5 Å². The van der Waals surface area contributed by atoms with Crippen LogP contribution in [0, 0.1) is 17.0 Å². The van der Waals surface area contributed by atoms with Crippen molar-refractivity contribution >= 4 is 28.6 Å². The zero-order valence-corrected chi connectivity index (χ0v) is 12.4. The van der Waals surface area contributed by atoms with Crippen LogP contribution in [-0.4, -0.2) is 22.9 Å². The summed E-state index contributed by atoms with van der Waals surface area (Å²) in [6, 6.07) is 4.33. The fourth-order valence-electron chi connectivity index (χ4n) is 1.77. The standard InChI is InChI=1S/C13H14N4O3S/c1-8-6-15-12(21-8)7-16-13(18)10-5-9(14-2)3-4-11(10)17(19)20/h3-6,14H,7H2,1-2H3,(H,16,18). The molecule has 0 aliphatic heterocycles. The smallest absolute Gasteiger partial charge is 0.282 e. The van der Waals surface area contributed by atoms with Crippen LogP contribution in [0.5, 0.6) is 0 Å². The summed E-state index contributed by atoms with van der Waals surface area (Å²) in [6.07, 6.45) is 1.72. The predicted octanol–water partition coefficient (Wildman–Crippen LogP) is 2.33. The minimum Gasteiger partial charge on any atom is -0.388 e. The van der Waals surface area contributed by atoms with E-state index in [4.69, 9.17) is 0 Å². The highest BCUT2D eigenvalue weighted by Gasteiger charge is 2.20. The molecule has 1 amide bonds. The number of hydrogen-bond acceptors (Lipinski definition) is 6. The predicted molar refractivity (Wildman–Crippen MR) is 80.7 cm³/mol. The Morgan fingerprint density at radius 2 is 2.24 bits per heavy atom. The summed E-state index contributed by atoms with van der Waals surface area (Å²) < 4.78 is 0. The maximum atomic E-state index is 12.2. The summed E-state index contributed by atoms with van der Waals surface area (Å²) in [6.45, 7) is 2.17. The second kappa shape index (κ2) is 6.31. The van der Waals surface area contributed by atoms with Gasteiger partial charge >= 0.3 is 0 Å². The zero-order chi connectivity index (χ0) is 15.4. The molecule has 8 heteroatoms. The lowest BCUT2D eigenvalue weighted by molar-refractivity contribution is -0.385. The summed E-state index contributed by atoms with van der Waals surface area (Å²) in [7, 11) is 1.68. The van der Waals surface area contributed by atoms with Gasteiger partial charge in [0.05, 0.1) is 11.5 Å². The van der Waals surface area contributed by atoms with Gasteiger partial charge in [-0.15, -0.1) is 11.3 Å². The third kappa shape index (κ3) is 3.54. The molecule has 2 rings (SSSR count). The van der Waals surface area contributed by atoms with Crippen molar-refractivity contribution in [3.05, 3.63) is 50.0 Å². The summed E-state index contributed by atoms with van der Waals surface area (Å²) in [5.74, 6) is -0.494. The Morgan fingerprint density at radius 1 is 1.48 bits per heavy atom. The average Bonchev–Trinajstić information content (AvgIpc) is 2.89. The van der Waals surface area contributed by atoms with Crippen molar-refractivity contribution < 1.29 is 9.72 Å². The van der Waals surface area contributed by atoms with E-state index in [0.717, 1.165) is 9.88 Å². The SMILES string of the molecule is CNc1ccc([N+](=O)[O-])c(C(=O)NCc2ncc(C)s2)c1. The van der Waals surface area contributed by atoms with Gasteiger partial charge in [0.15, 0.2) is 0 Å². The molecule has 0 radical (unpaired) electrons. The van der Waals surface area contributed by atoms with Gasteiger partial charge in [-0.2, -0.15) is 0 Å². The number of nitro benzene ring substituents is 1. The van der Waals surface area contributed by atoms with Crippen LogP contribution in [0.25, 0.3) is 0 Å². The largest absolute Gasteiger partial charge is 0.388 e. The number of hydrogen-bond donors (Lipinski definition) is 2. The van der Waals surface area contributed by atoms with E-state index in [-0.39, 0.29) is 17.8 Å². The van der Waals surface area contributed by atoms with E-state index in [1.807, 2.05) is 6.92 Å². The summed E-state index contributed by atoms with van der Waals surface area (Å²) in [5, 5.41) is 17.3. The van der Waals surface area contributed by atoms with Crippen molar-refractivity contribution in [2.75, 3.05) is 12.4 Å². The minimum atomic E-state index is -0.568. The number of aryl methyl sites for hydroxylation is 1. The molecule has 2 aromatic rings. The number of benzene rings is 1. The molecule has 0 unspecified atom stereocenters. The molecule has 0 bridgehead atoms. The first kappa shape index (κ1) is 14.9. The van der Waals surface area contributed by atoms with E-state index in [2.05, 4.69) is 15.6 Å². The maximum Gasteiger partial charge on any atom is 0.282 e. The highest BCUT2D eigenvalue weighted by molar-refractivity contribution is 7.11. The molecule has 21 heavy (non-hydrogen) atoms. The molecule has 0 saturated heterocycles. The second-order valence-corrected chi connectivity index (χ2v) is 5.61. The van der Waals surface area contributed by atoms with Gasteiger partial charge in [-0.3, -0.25) is 14.9 Å². The van der Waals surface area contributed by atoms with Crippen LogP contribution in [0.3, 0.4) is 0 Å². The highest BCUT2D eigenvalue weighted by atomic mass is 32.1. The van der Waals surface area contributed by atoms with Gasteiger partial charge in [-0.05, 0) is 19.1 Å². The molecule has 0 fully saturated rings. The Labute approximate surface area is 125 Å². The Balaban J connectivity index is 2.19. The highest BCUT2D eigenvalue weighted by Crippen LogP contribution is 2.22. The van der Waals surface area contributed by atoms with Crippen LogP contribution < -0.4 is 10.6 Å². The van der Waals surface area contributed by atoms with Crippen molar-refractivity contribution in [3.8, 4) is 0 Å². The molecule has 7 nitrogen and oxygen atoms in total. The lowest BCUT2D eigenvalue weighted by Gasteiger charge is -2.06. The number of carbonyl (C=O) groups is 1. The molecule has 0 saturated carbocycles. The first-order valence-corrected chi connectivity index (χ1v) is 6.98. The zero-order valence-electron chi connectivity index (χ0n) is 11.5. The number of amides is 1. The lowest BCUT2D eigenvalue weighted by Crippen LogP contribution is -2.23. The fourth-order valence-corrected chi connectivity index (χ4v) is 2.49. The molecule has 0 aliphatic carbocycles. The molecular formula is C13H14N4O3S. The average molecular weight is 306 g/mol. The van der Waals surface area contributed by atoms with Gasteiger partial charge in [0.25, 0.3) is 11.6 Å². The van der Waals surface area contributed by atoms with Crippen molar-refractivity contribution in [2.24, 2.45) is 0 Å². The van der Waals surface area contributed by atoms with E-state index >= 15 is 0 Å². The topological polar surface area (TPSA) is 97.2 Å². The van der Waals surface area contributed by atoms with Crippen LogP contribution in [0.15, 0.2) is 24.4 Å². The fraction of sp³-hybridized carbons (Fsp3) is 0.231. The number of rotatable bonds is 5. The Morgan fingerprint density at radius 3 is 2.81 bits per heavy atom. The van der Waals surface area contributed by atoms with Crippen LogP contribution in [0.4, 0.5) is 11.4 Å². The lowest BCUT2D eigenvalue weighted by atomic mass is 10.1. The van der Waals surface area contributed by atoms with Gasteiger partial charge in [0.1, 0.15) is 10.6 Å². The van der Waals surface area contributed by atoms with Crippen LogP contribution in [0.2, 0.25) is 0 Å². The Bertz CT molecular complexity index is 684. The van der Waals surface area contributed by atoms with Crippen molar-refractivity contribution in [1.82, 2.24) is 10.3 Å². The van der Waals surface area contributed by atoms with E-state index in [1.165, 1.54) is 23.5 Å². The molecule has 2 N–H and O–H groups in total. The quantitative estimate of drug-likeness (QED) is 0.652. The van der Waals surface area contributed by atoms with Crippen LogP contribution in [0.1, 0.15) is 20.2 Å². The van der Waals surface area contributed by atoms with Crippen molar-refractivity contribution in [3.63, 3.8) is 0 Å². The minimum absolute atomic E-state index is 0.0279. The van der Waals surface area contributed by atoms with Crippen LogP contribution >= 0.6 is 11.3 Å². The molecule has 110 valence electrons. The Hall–Kier alpha value is -2.48. The summed E-state index contributed by atoms with van der Waals surface area (Å²) in [4.78, 5) is 27.8. The number of nitrogens with zero attached hydrogens (tertiary/aromatic N) is 2. The summed E-state index contributed by atoms with van der Waals surface area (Å²) >= 11 is 1.47. The molecule has 0 aliphatic rings. The first-order chi connectivity index (χ1) is 10.0. The van der Waals surface area contributed by atoms with E-state index in [1.54, 1.807) is 19.3 Å². The van der Waals surface area contributed by atoms with Gasteiger partial charge in [0, 0.05) is 29.9 Å².